The fourth-order valence-electron chi connectivity index (χ4n) is 3.29. The molecule has 1 amide bonds. The Hall–Kier alpha value is -2.37. The molecule has 0 aliphatic carbocycles. The van der Waals surface area contributed by atoms with E-state index in [9.17, 15) is 9.59 Å². The second-order valence-corrected chi connectivity index (χ2v) is 6.17. The van der Waals surface area contributed by atoms with E-state index in [1.54, 1.807) is 6.20 Å². The van der Waals surface area contributed by atoms with Gasteiger partial charge in [0.2, 0.25) is 5.91 Å². The SMILES string of the molecule is O=C(O)CCC1CCCN(C(=O)Cc2c[nH]c3ncccc23)C1. The second-order valence-electron chi connectivity index (χ2n) is 6.17. The molecule has 0 saturated carbocycles. The van der Waals surface area contributed by atoms with E-state index in [-0.39, 0.29) is 12.3 Å². The number of nitrogens with one attached hydrogen (secondary N) is 1. The van der Waals surface area contributed by atoms with E-state index < -0.39 is 5.97 Å². The number of pyridine rings is 1. The van der Waals surface area contributed by atoms with Gasteiger partial charge in [0.15, 0.2) is 0 Å². The molecule has 6 nitrogen and oxygen atoms in total. The van der Waals surface area contributed by atoms with Gasteiger partial charge in [-0.1, -0.05) is 0 Å². The van der Waals surface area contributed by atoms with E-state index in [0.717, 1.165) is 36.0 Å². The number of rotatable bonds is 5. The maximum Gasteiger partial charge on any atom is 0.303 e. The summed E-state index contributed by atoms with van der Waals surface area (Å²) >= 11 is 0. The molecule has 1 fully saturated rings. The highest BCUT2D eigenvalue weighted by molar-refractivity contribution is 5.87. The molecule has 1 saturated heterocycles. The number of carbonyl (C=O) groups is 2. The molecule has 23 heavy (non-hydrogen) atoms. The molecule has 1 atom stereocenters. The molecule has 2 aromatic rings. The minimum absolute atomic E-state index is 0.106. The second kappa shape index (κ2) is 6.81. The summed E-state index contributed by atoms with van der Waals surface area (Å²) < 4.78 is 0. The van der Waals surface area contributed by atoms with Crippen LogP contribution in [0.4, 0.5) is 0 Å². The molecule has 2 N–H and O–H groups in total. The average molecular weight is 315 g/mol. The van der Waals surface area contributed by atoms with Gasteiger partial charge in [-0.05, 0) is 42.9 Å². The van der Waals surface area contributed by atoms with Crippen LogP contribution < -0.4 is 0 Å². The van der Waals surface area contributed by atoms with Crippen LogP contribution in [0, 0.1) is 5.92 Å². The van der Waals surface area contributed by atoms with Gasteiger partial charge in [-0.3, -0.25) is 9.59 Å². The van der Waals surface area contributed by atoms with Crippen LogP contribution in [0.25, 0.3) is 11.0 Å². The van der Waals surface area contributed by atoms with Crippen molar-refractivity contribution in [2.24, 2.45) is 5.92 Å². The van der Waals surface area contributed by atoms with Crippen LogP contribution in [0.5, 0.6) is 0 Å². The van der Waals surface area contributed by atoms with Crippen molar-refractivity contribution in [3.05, 3.63) is 30.1 Å². The van der Waals surface area contributed by atoms with E-state index >= 15 is 0 Å². The number of amides is 1. The summed E-state index contributed by atoms with van der Waals surface area (Å²) in [5.74, 6) is -0.358. The van der Waals surface area contributed by atoms with Crippen molar-refractivity contribution < 1.29 is 14.7 Å². The zero-order valence-corrected chi connectivity index (χ0v) is 13.0. The normalized spacial score (nSPS) is 18.3. The van der Waals surface area contributed by atoms with Gasteiger partial charge in [-0.25, -0.2) is 4.98 Å². The van der Waals surface area contributed by atoms with Crippen molar-refractivity contribution in [2.75, 3.05) is 13.1 Å². The third-order valence-electron chi connectivity index (χ3n) is 4.52. The van der Waals surface area contributed by atoms with Crippen molar-refractivity contribution in [3.8, 4) is 0 Å². The molecule has 0 aromatic carbocycles. The number of aliphatic carboxylic acids is 1. The van der Waals surface area contributed by atoms with Gasteiger partial charge in [-0.2, -0.15) is 0 Å². The minimum atomic E-state index is -0.764. The zero-order valence-electron chi connectivity index (χ0n) is 13.0. The monoisotopic (exact) mass is 315 g/mol. The van der Waals surface area contributed by atoms with Gasteiger partial charge in [0.25, 0.3) is 0 Å². The van der Waals surface area contributed by atoms with Crippen LogP contribution >= 0.6 is 0 Å². The van der Waals surface area contributed by atoms with Crippen LogP contribution in [0.1, 0.15) is 31.2 Å². The maximum atomic E-state index is 12.6. The Bertz CT molecular complexity index is 710. The molecule has 0 bridgehead atoms. The van der Waals surface area contributed by atoms with Crippen molar-refractivity contribution >= 4 is 22.9 Å². The summed E-state index contributed by atoms with van der Waals surface area (Å²) in [7, 11) is 0. The molecule has 1 aliphatic heterocycles. The first-order valence-corrected chi connectivity index (χ1v) is 8.04. The Labute approximate surface area is 134 Å². The van der Waals surface area contributed by atoms with E-state index in [1.165, 1.54) is 0 Å². The van der Waals surface area contributed by atoms with Gasteiger partial charge in [0.05, 0.1) is 6.42 Å². The Morgan fingerprint density at radius 2 is 2.30 bits per heavy atom. The first-order chi connectivity index (χ1) is 11.1. The Balaban J connectivity index is 1.62. The van der Waals surface area contributed by atoms with Gasteiger partial charge in [0.1, 0.15) is 5.65 Å². The number of carboxylic acid groups (broad SMARTS) is 1. The predicted molar refractivity (Wildman–Crippen MR) is 86.0 cm³/mol. The highest BCUT2D eigenvalue weighted by Crippen LogP contribution is 2.23. The van der Waals surface area contributed by atoms with Crippen LogP contribution in [0.2, 0.25) is 0 Å². The standard InChI is InChI=1S/C17H21N3O3/c21-15(9-13-10-19-17-14(13)4-1-7-18-17)20-8-2-3-12(11-20)5-6-16(22)23/h1,4,7,10,12H,2-3,5-6,8-9,11H2,(H,18,19)(H,22,23). The Kier molecular flexibility index (Phi) is 4.60. The smallest absolute Gasteiger partial charge is 0.303 e. The largest absolute Gasteiger partial charge is 0.481 e. The van der Waals surface area contributed by atoms with E-state index in [1.807, 2.05) is 23.2 Å². The first-order valence-electron chi connectivity index (χ1n) is 8.04. The van der Waals surface area contributed by atoms with E-state index in [4.69, 9.17) is 5.11 Å². The highest BCUT2D eigenvalue weighted by Gasteiger charge is 2.24. The van der Waals surface area contributed by atoms with Crippen molar-refractivity contribution in [2.45, 2.75) is 32.1 Å². The van der Waals surface area contributed by atoms with Crippen molar-refractivity contribution in [1.29, 1.82) is 0 Å². The third kappa shape index (κ3) is 3.70. The summed E-state index contributed by atoms with van der Waals surface area (Å²) in [5, 5.41) is 9.79. The molecule has 3 heterocycles. The van der Waals surface area contributed by atoms with Crippen molar-refractivity contribution in [3.63, 3.8) is 0 Å². The van der Waals surface area contributed by atoms with Gasteiger partial charge >= 0.3 is 5.97 Å². The van der Waals surface area contributed by atoms with Crippen LogP contribution in [-0.2, 0) is 16.0 Å². The van der Waals surface area contributed by atoms with Crippen LogP contribution in [-0.4, -0.2) is 44.9 Å². The summed E-state index contributed by atoms with van der Waals surface area (Å²) in [6, 6.07) is 3.83. The number of carbonyl (C=O) groups excluding carboxylic acids is 1. The quantitative estimate of drug-likeness (QED) is 0.885. The van der Waals surface area contributed by atoms with Gasteiger partial charge in [0, 0.05) is 37.3 Å². The molecule has 0 spiro atoms. The average Bonchev–Trinajstić information content (AvgIpc) is 2.96. The van der Waals surface area contributed by atoms with Crippen molar-refractivity contribution in [1.82, 2.24) is 14.9 Å². The van der Waals surface area contributed by atoms with E-state index in [0.29, 0.717) is 25.3 Å². The number of nitrogens with zero attached hydrogens (tertiary/aromatic N) is 2. The number of H-pyrrole nitrogens is 1. The molecule has 122 valence electrons. The number of aromatic nitrogens is 2. The summed E-state index contributed by atoms with van der Waals surface area (Å²) in [5.41, 5.74) is 1.76. The summed E-state index contributed by atoms with van der Waals surface area (Å²) in [4.78, 5) is 32.5. The molecule has 1 aliphatic rings. The topological polar surface area (TPSA) is 86.3 Å². The predicted octanol–water partition coefficient (Wildman–Crippen LogP) is 2.21. The lowest BCUT2D eigenvalue weighted by molar-refractivity contribution is -0.137. The molecule has 6 heteroatoms. The molecular formula is C17H21N3O3. The number of aromatic amines is 1. The Morgan fingerprint density at radius 3 is 3.13 bits per heavy atom. The molecule has 2 aromatic heterocycles. The number of carboxylic acids is 1. The summed E-state index contributed by atoms with van der Waals surface area (Å²) in [6.45, 7) is 1.44. The van der Waals surface area contributed by atoms with Crippen LogP contribution in [0.3, 0.4) is 0 Å². The lowest BCUT2D eigenvalue weighted by Crippen LogP contribution is -2.40. The van der Waals surface area contributed by atoms with Crippen LogP contribution in [0.15, 0.2) is 24.5 Å². The van der Waals surface area contributed by atoms with E-state index in [2.05, 4.69) is 9.97 Å². The Morgan fingerprint density at radius 1 is 1.43 bits per heavy atom. The fourth-order valence-corrected chi connectivity index (χ4v) is 3.29. The lowest BCUT2D eigenvalue weighted by Gasteiger charge is -2.32. The number of hydrogen-bond acceptors (Lipinski definition) is 3. The zero-order chi connectivity index (χ0) is 16.2. The molecular weight excluding hydrogens is 294 g/mol. The fraction of sp³-hybridized carbons (Fsp3) is 0.471. The summed E-state index contributed by atoms with van der Waals surface area (Å²) in [6.07, 6.45) is 6.72. The number of piperidine rings is 1. The first kappa shape index (κ1) is 15.5. The molecule has 3 rings (SSSR count). The van der Waals surface area contributed by atoms with Gasteiger partial charge < -0.3 is 15.0 Å². The molecule has 1 unspecified atom stereocenters. The number of hydrogen-bond donors (Lipinski definition) is 2. The highest BCUT2D eigenvalue weighted by atomic mass is 16.4. The molecule has 0 radical (unpaired) electrons. The minimum Gasteiger partial charge on any atom is -0.481 e. The maximum absolute atomic E-state index is 12.6. The van der Waals surface area contributed by atoms with Gasteiger partial charge in [-0.15, -0.1) is 0 Å². The lowest BCUT2D eigenvalue weighted by atomic mass is 9.93. The number of likely N-dealkylation sites (tertiary alicyclic amines) is 1. The third-order valence-corrected chi connectivity index (χ3v) is 4.52. The number of fused-ring (bicyclic) bond motifs is 1.